The minimum absolute atomic E-state index is 0.0393. The number of thioether (sulfide) groups is 1. The Balaban J connectivity index is 2.70. The molecule has 0 aliphatic heterocycles. The van der Waals surface area contributed by atoms with E-state index in [2.05, 4.69) is 15.0 Å². The molecular formula is C7H11N7O2S. The van der Waals surface area contributed by atoms with Crippen LogP contribution in [0.4, 0.5) is 16.7 Å². The molecule has 1 rings (SSSR count). The fraction of sp³-hybridized carbons (Fsp3) is 0.286. The number of nitrogens with zero attached hydrogens (tertiary/aromatic N) is 3. The molecule has 0 aliphatic rings. The average molecular weight is 257 g/mol. The van der Waals surface area contributed by atoms with Gasteiger partial charge in [-0.2, -0.15) is 15.0 Å². The van der Waals surface area contributed by atoms with Crippen LogP contribution in [-0.4, -0.2) is 32.1 Å². The van der Waals surface area contributed by atoms with Crippen LogP contribution in [0, 0.1) is 0 Å². The molecule has 3 amide bonds. The molecule has 0 fully saturated rings. The maximum Gasteiger partial charge on any atom is 0.318 e. The Morgan fingerprint density at radius 2 is 1.76 bits per heavy atom. The van der Waals surface area contributed by atoms with Gasteiger partial charge in [-0.05, 0) is 6.92 Å². The third-order valence-corrected chi connectivity index (χ3v) is 2.51. The molecule has 10 heteroatoms. The second-order valence-electron chi connectivity index (χ2n) is 2.95. The predicted molar refractivity (Wildman–Crippen MR) is 61.7 cm³/mol. The van der Waals surface area contributed by atoms with Crippen molar-refractivity contribution in [3.8, 4) is 0 Å². The third-order valence-electron chi connectivity index (χ3n) is 1.55. The first-order chi connectivity index (χ1) is 7.88. The molecule has 0 radical (unpaired) electrons. The monoisotopic (exact) mass is 257 g/mol. The first-order valence-electron chi connectivity index (χ1n) is 4.42. The number of carbonyl (C=O) groups is 2. The molecule has 0 saturated heterocycles. The normalized spacial score (nSPS) is 11.8. The van der Waals surface area contributed by atoms with E-state index in [1.807, 2.05) is 5.32 Å². The van der Waals surface area contributed by atoms with Gasteiger partial charge in [0.1, 0.15) is 0 Å². The molecule has 1 heterocycles. The van der Waals surface area contributed by atoms with Crippen LogP contribution in [0.1, 0.15) is 6.92 Å². The highest BCUT2D eigenvalue weighted by Gasteiger charge is 2.17. The molecule has 17 heavy (non-hydrogen) atoms. The summed E-state index contributed by atoms with van der Waals surface area (Å²) in [4.78, 5) is 33.0. The van der Waals surface area contributed by atoms with Gasteiger partial charge in [0.25, 0.3) is 0 Å². The lowest BCUT2D eigenvalue weighted by Crippen LogP contribution is -2.39. The van der Waals surface area contributed by atoms with E-state index in [4.69, 9.17) is 17.2 Å². The van der Waals surface area contributed by atoms with E-state index < -0.39 is 17.2 Å². The van der Waals surface area contributed by atoms with Gasteiger partial charge in [-0.15, -0.1) is 0 Å². The summed E-state index contributed by atoms with van der Waals surface area (Å²) in [7, 11) is 0. The highest BCUT2D eigenvalue weighted by atomic mass is 32.2. The summed E-state index contributed by atoms with van der Waals surface area (Å²) in [6.07, 6.45) is 0. The van der Waals surface area contributed by atoms with Crippen LogP contribution in [0.25, 0.3) is 0 Å². The zero-order valence-electron chi connectivity index (χ0n) is 8.88. The van der Waals surface area contributed by atoms with E-state index in [0.717, 1.165) is 11.8 Å². The Hall–Kier alpha value is -2.10. The van der Waals surface area contributed by atoms with Gasteiger partial charge in [0.05, 0.1) is 5.25 Å². The Morgan fingerprint density at radius 3 is 2.24 bits per heavy atom. The molecule has 1 atom stereocenters. The molecule has 0 saturated carbocycles. The van der Waals surface area contributed by atoms with Crippen molar-refractivity contribution in [1.82, 2.24) is 20.3 Å². The van der Waals surface area contributed by atoms with E-state index in [1.165, 1.54) is 0 Å². The number of hydrogen-bond donors (Lipinski definition) is 4. The largest absolute Gasteiger partial charge is 0.368 e. The molecule has 0 unspecified atom stereocenters. The second kappa shape index (κ2) is 5.30. The first-order valence-corrected chi connectivity index (χ1v) is 5.30. The van der Waals surface area contributed by atoms with Crippen molar-refractivity contribution in [1.29, 1.82) is 0 Å². The van der Waals surface area contributed by atoms with Gasteiger partial charge in [-0.25, -0.2) is 4.79 Å². The topological polar surface area (TPSA) is 163 Å². The summed E-state index contributed by atoms with van der Waals surface area (Å²) in [5.74, 6) is -0.634. The fourth-order valence-corrected chi connectivity index (χ4v) is 1.65. The Kier molecular flexibility index (Phi) is 4.04. The van der Waals surface area contributed by atoms with Crippen LogP contribution in [-0.2, 0) is 4.79 Å². The van der Waals surface area contributed by atoms with Gasteiger partial charge in [-0.3, -0.25) is 10.1 Å². The number of imide groups is 1. The standard InChI is InChI=1S/C7H11N7O2S/c1-2(3(15)11-6(10)16)17-7-13-4(8)12-5(9)14-7/h2H,1H3,(H3,10,11,15,16)(H4,8,9,12,13,14)/t2-/m0/s1. The number of amides is 3. The van der Waals surface area contributed by atoms with Crippen molar-refractivity contribution < 1.29 is 9.59 Å². The summed E-state index contributed by atoms with van der Waals surface area (Å²) in [6, 6.07) is -0.919. The molecular weight excluding hydrogens is 246 g/mol. The van der Waals surface area contributed by atoms with Crippen molar-refractivity contribution in [2.24, 2.45) is 5.73 Å². The second-order valence-corrected chi connectivity index (χ2v) is 4.26. The van der Waals surface area contributed by atoms with Gasteiger partial charge < -0.3 is 17.2 Å². The van der Waals surface area contributed by atoms with Crippen molar-refractivity contribution >= 4 is 35.6 Å². The number of rotatable bonds is 3. The smallest absolute Gasteiger partial charge is 0.318 e. The Labute approximate surface area is 101 Å². The van der Waals surface area contributed by atoms with E-state index in [0.29, 0.717) is 0 Å². The molecule has 9 nitrogen and oxygen atoms in total. The predicted octanol–water partition coefficient (Wildman–Crippen LogP) is -1.29. The van der Waals surface area contributed by atoms with E-state index in [9.17, 15) is 9.59 Å². The summed E-state index contributed by atoms with van der Waals surface area (Å²) < 4.78 is 0. The van der Waals surface area contributed by atoms with Gasteiger partial charge in [0.15, 0.2) is 5.16 Å². The summed E-state index contributed by atoms with van der Waals surface area (Å²) in [5.41, 5.74) is 15.5. The number of carbonyl (C=O) groups excluding carboxylic acids is 2. The van der Waals surface area contributed by atoms with Gasteiger partial charge in [0.2, 0.25) is 17.8 Å². The van der Waals surface area contributed by atoms with Crippen molar-refractivity contribution in [2.45, 2.75) is 17.3 Å². The lowest BCUT2D eigenvalue weighted by atomic mass is 10.4. The quantitative estimate of drug-likeness (QED) is 0.486. The summed E-state index contributed by atoms with van der Waals surface area (Å²) in [6.45, 7) is 1.55. The summed E-state index contributed by atoms with van der Waals surface area (Å²) >= 11 is 0.980. The zero-order chi connectivity index (χ0) is 13.0. The number of anilines is 2. The van der Waals surface area contributed by atoms with Crippen LogP contribution in [0.15, 0.2) is 5.16 Å². The minimum Gasteiger partial charge on any atom is -0.368 e. The number of nitrogens with one attached hydrogen (secondary N) is 1. The van der Waals surface area contributed by atoms with Crippen LogP contribution < -0.4 is 22.5 Å². The number of primary amides is 1. The van der Waals surface area contributed by atoms with Crippen LogP contribution in [0.2, 0.25) is 0 Å². The maximum absolute atomic E-state index is 11.4. The highest BCUT2D eigenvalue weighted by molar-refractivity contribution is 8.00. The third kappa shape index (κ3) is 4.10. The van der Waals surface area contributed by atoms with Gasteiger partial charge >= 0.3 is 6.03 Å². The fourth-order valence-electron chi connectivity index (χ4n) is 0.876. The molecule has 0 bridgehead atoms. The first kappa shape index (κ1) is 13.0. The zero-order valence-corrected chi connectivity index (χ0v) is 9.69. The van der Waals surface area contributed by atoms with Gasteiger partial charge in [-0.1, -0.05) is 11.8 Å². The highest BCUT2D eigenvalue weighted by Crippen LogP contribution is 2.20. The molecule has 92 valence electrons. The van der Waals surface area contributed by atoms with Crippen molar-refractivity contribution in [3.05, 3.63) is 0 Å². The molecule has 7 N–H and O–H groups in total. The number of nitrogens with two attached hydrogens (primary N) is 3. The van der Waals surface area contributed by atoms with Crippen LogP contribution in [0.5, 0.6) is 0 Å². The molecule has 1 aromatic heterocycles. The molecule has 0 aliphatic carbocycles. The Bertz CT molecular complexity index is 432. The van der Waals surface area contributed by atoms with Crippen molar-refractivity contribution in [3.63, 3.8) is 0 Å². The number of aromatic nitrogens is 3. The SMILES string of the molecule is C[C@H](Sc1nc(N)nc(N)n1)C(=O)NC(N)=O. The molecule has 0 aromatic carbocycles. The van der Waals surface area contributed by atoms with Crippen LogP contribution in [0.3, 0.4) is 0 Å². The minimum atomic E-state index is -0.919. The average Bonchev–Trinajstić information content (AvgIpc) is 2.14. The molecule has 0 spiro atoms. The Morgan fingerprint density at radius 1 is 1.24 bits per heavy atom. The number of nitrogen functional groups attached to an aromatic ring is 2. The number of urea groups is 1. The lowest BCUT2D eigenvalue weighted by molar-refractivity contribution is -0.119. The molecule has 1 aromatic rings. The van der Waals surface area contributed by atoms with Crippen molar-refractivity contribution in [2.75, 3.05) is 11.5 Å². The van der Waals surface area contributed by atoms with Gasteiger partial charge in [0, 0.05) is 0 Å². The van der Waals surface area contributed by atoms with Crippen LogP contribution >= 0.6 is 11.8 Å². The maximum atomic E-state index is 11.4. The summed E-state index contributed by atoms with van der Waals surface area (Å²) in [5, 5.41) is 1.51. The van der Waals surface area contributed by atoms with E-state index in [1.54, 1.807) is 6.92 Å². The number of hydrogen-bond acceptors (Lipinski definition) is 8. The van der Waals surface area contributed by atoms with E-state index >= 15 is 0 Å². The lowest BCUT2D eigenvalue weighted by Gasteiger charge is -2.08. The van der Waals surface area contributed by atoms with E-state index in [-0.39, 0.29) is 17.1 Å².